The molecule has 2 unspecified atom stereocenters. The molecule has 8 heteroatoms. The van der Waals surface area contributed by atoms with Crippen molar-refractivity contribution in [3.63, 3.8) is 0 Å². The van der Waals surface area contributed by atoms with Gasteiger partial charge in [0.1, 0.15) is 0 Å². The van der Waals surface area contributed by atoms with Crippen molar-refractivity contribution in [1.82, 2.24) is 0 Å². The first-order valence-electron chi connectivity index (χ1n) is 8.15. The molecule has 0 saturated heterocycles. The van der Waals surface area contributed by atoms with Crippen LogP contribution in [0.2, 0.25) is 0 Å². The highest BCUT2D eigenvalue weighted by atomic mass is 16.5. The summed E-state index contributed by atoms with van der Waals surface area (Å²) < 4.78 is 11.2. The van der Waals surface area contributed by atoms with Gasteiger partial charge >= 0.3 is 0 Å². The Kier molecular flexibility index (Phi) is 8.55. The molecule has 0 radical (unpaired) electrons. The molecule has 0 amide bonds. The summed E-state index contributed by atoms with van der Waals surface area (Å²) in [5.41, 5.74) is 19.6. The highest BCUT2D eigenvalue weighted by molar-refractivity contribution is 5.14. The van der Waals surface area contributed by atoms with Gasteiger partial charge in [0.2, 0.25) is 0 Å². The molecule has 2 atom stereocenters. The molecular weight excluding hydrogens is 332 g/mol. The monoisotopic (exact) mass is 352 g/mol. The van der Waals surface area contributed by atoms with Crippen LogP contribution in [0.15, 0.2) is 70.9 Å². The fourth-order valence-electron chi connectivity index (χ4n) is 2.32. The third-order valence-electron chi connectivity index (χ3n) is 3.64. The molecule has 0 fully saturated rings. The Balaban J connectivity index is 1.89. The van der Waals surface area contributed by atoms with E-state index in [2.05, 4.69) is 20.1 Å². The minimum atomic E-state index is -0.643. The standard InChI is InChI=1S/C18H20N6O2/c19-23-21-17(13-25-11-15-7-3-1-4-8-15)18(22-24-20)14-26-12-16-9-5-2-6-10-16/h1-10,17-18H,11-14H2. The van der Waals surface area contributed by atoms with Crippen molar-refractivity contribution in [2.45, 2.75) is 25.3 Å². The third-order valence-corrected chi connectivity index (χ3v) is 3.64. The summed E-state index contributed by atoms with van der Waals surface area (Å²) in [5, 5.41) is 7.42. The summed E-state index contributed by atoms with van der Waals surface area (Å²) in [6.45, 7) is 1.03. The van der Waals surface area contributed by atoms with Crippen molar-refractivity contribution in [2.75, 3.05) is 13.2 Å². The van der Waals surface area contributed by atoms with Gasteiger partial charge in [-0.25, -0.2) is 0 Å². The predicted molar refractivity (Wildman–Crippen MR) is 98.1 cm³/mol. The summed E-state index contributed by atoms with van der Waals surface area (Å²) >= 11 is 0. The zero-order valence-electron chi connectivity index (χ0n) is 14.3. The van der Waals surface area contributed by atoms with Gasteiger partial charge in [0.15, 0.2) is 0 Å². The van der Waals surface area contributed by atoms with Crippen LogP contribution in [0, 0.1) is 0 Å². The fourth-order valence-corrected chi connectivity index (χ4v) is 2.32. The second-order valence-electron chi connectivity index (χ2n) is 5.55. The fraction of sp³-hybridized carbons (Fsp3) is 0.333. The summed E-state index contributed by atoms with van der Waals surface area (Å²) in [4.78, 5) is 5.67. The molecule has 0 aromatic heterocycles. The van der Waals surface area contributed by atoms with Gasteiger partial charge in [0.25, 0.3) is 0 Å². The highest BCUT2D eigenvalue weighted by Gasteiger charge is 2.20. The normalized spacial score (nSPS) is 12.5. The number of hydrogen-bond acceptors (Lipinski definition) is 4. The van der Waals surface area contributed by atoms with Crippen molar-refractivity contribution in [3.05, 3.63) is 92.7 Å². The lowest BCUT2D eigenvalue weighted by molar-refractivity contribution is 0.0685. The van der Waals surface area contributed by atoms with E-state index in [-0.39, 0.29) is 13.2 Å². The van der Waals surface area contributed by atoms with Crippen molar-refractivity contribution in [2.24, 2.45) is 10.2 Å². The topological polar surface area (TPSA) is 116 Å². The van der Waals surface area contributed by atoms with Gasteiger partial charge in [-0.15, -0.1) is 0 Å². The first kappa shape index (κ1) is 19.3. The largest absolute Gasteiger partial charge is 0.376 e. The number of hydrogen-bond donors (Lipinski definition) is 0. The predicted octanol–water partition coefficient (Wildman–Crippen LogP) is 4.78. The maximum Gasteiger partial charge on any atom is 0.0717 e. The second-order valence-corrected chi connectivity index (χ2v) is 5.55. The molecule has 8 nitrogen and oxygen atoms in total. The molecule has 134 valence electrons. The Morgan fingerprint density at radius 1 is 0.692 bits per heavy atom. The molecule has 0 bridgehead atoms. The van der Waals surface area contributed by atoms with Gasteiger partial charge < -0.3 is 9.47 Å². The van der Waals surface area contributed by atoms with Gasteiger partial charge in [-0.05, 0) is 22.2 Å². The molecule has 26 heavy (non-hydrogen) atoms. The van der Waals surface area contributed by atoms with Crippen molar-refractivity contribution < 1.29 is 9.47 Å². The SMILES string of the molecule is [N-]=[N+]=NC(COCc1ccccc1)C(COCc1ccccc1)N=[N+]=[N-]. The van der Waals surface area contributed by atoms with Crippen LogP contribution in [0.4, 0.5) is 0 Å². The zero-order chi connectivity index (χ0) is 18.5. The number of ether oxygens (including phenoxy) is 2. The highest BCUT2D eigenvalue weighted by Crippen LogP contribution is 2.11. The van der Waals surface area contributed by atoms with Crippen LogP contribution in [0.25, 0.3) is 20.9 Å². The van der Waals surface area contributed by atoms with Crippen LogP contribution in [-0.4, -0.2) is 25.3 Å². The maximum absolute atomic E-state index is 8.80. The average Bonchev–Trinajstić information content (AvgIpc) is 2.68. The van der Waals surface area contributed by atoms with E-state index in [4.69, 9.17) is 20.5 Å². The molecule has 0 saturated carbocycles. The first-order valence-corrected chi connectivity index (χ1v) is 8.15. The number of rotatable bonds is 11. The molecular formula is C18H20N6O2. The van der Waals surface area contributed by atoms with Gasteiger partial charge in [-0.3, -0.25) is 0 Å². The van der Waals surface area contributed by atoms with E-state index >= 15 is 0 Å². The van der Waals surface area contributed by atoms with Crippen LogP contribution in [0.1, 0.15) is 11.1 Å². The first-order chi connectivity index (χ1) is 12.8. The number of nitrogens with zero attached hydrogens (tertiary/aromatic N) is 6. The summed E-state index contributed by atoms with van der Waals surface area (Å²) in [5.74, 6) is 0. The summed E-state index contributed by atoms with van der Waals surface area (Å²) in [6, 6.07) is 18.0. The molecule has 2 aromatic rings. The molecule has 2 aromatic carbocycles. The van der Waals surface area contributed by atoms with E-state index in [0.717, 1.165) is 11.1 Å². The molecule has 0 aliphatic heterocycles. The Morgan fingerprint density at radius 2 is 1.08 bits per heavy atom. The smallest absolute Gasteiger partial charge is 0.0717 e. The van der Waals surface area contributed by atoms with Crippen molar-refractivity contribution >= 4 is 0 Å². The van der Waals surface area contributed by atoms with E-state index in [1.807, 2.05) is 60.7 Å². The third kappa shape index (κ3) is 6.84. The lowest BCUT2D eigenvalue weighted by atomic mass is 10.1. The Hall–Kier alpha value is -3.02. The van der Waals surface area contributed by atoms with Gasteiger partial charge in [0, 0.05) is 9.82 Å². The van der Waals surface area contributed by atoms with Crippen molar-refractivity contribution in [3.8, 4) is 0 Å². The van der Waals surface area contributed by atoms with Crippen molar-refractivity contribution in [1.29, 1.82) is 0 Å². The molecule has 0 aliphatic rings. The second kappa shape index (κ2) is 11.5. The quantitative estimate of drug-likeness (QED) is 0.329. The minimum absolute atomic E-state index is 0.136. The number of azide groups is 2. The Bertz CT molecular complexity index is 677. The summed E-state index contributed by atoms with van der Waals surface area (Å²) in [7, 11) is 0. The van der Waals surface area contributed by atoms with E-state index in [1.54, 1.807) is 0 Å². The van der Waals surface area contributed by atoms with Crippen LogP contribution in [0.5, 0.6) is 0 Å². The molecule has 0 N–H and O–H groups in total. The van der Waals surface area contributed by atoms with E-state index < -0.39 is 12.1 Å². The lowest BCUT2D eigenvalue weighted by Gasteiger charge is -2.19. The van der Waals surface area contributed by atoms with E-state index in [1.165, 1.54) is 0 Å². The average molecular weight is 352 g/mol. The van der Waals surface area contributed by atoms with Crippen LogP contribution in [-0.2, 0) is 22.7 Å². The summed E-state index contributed by atoms with van der Waals surface area (Å²) in [6.07, 6.45) is 0. The van der Waals surface area contributed by atoms with Gasteiger partial charge in [-0.1, -0.05) is 70.9 Å². The van der Waals surface area contributed by atoms with Crippen LogP contribution < -0.4 is 0 Å². The Labute approximate surface area is 151 Å². The molecule has 0 aliphatic carbocycles. The Morgan fingerprint density at radius 3 is 1.42 bits per heavy atom. The number of benzene rings is 2. The van der Waals surface area contributed by atoms with E-state index in [9.17, 15) is 0 Å². The van der Waals surface area contributed by atoms with Crippen LogP contribution in [0.3, 0.4) is 0 Å². The lowest BCUT2D eigenvalue weighted by Crippen LogP contribution is -2.31. The van der Waals surface area contributed by atoms with Gasteiger partial charge in [0.05, 0.1) is 38.5 Å². The van der Waals surface area contributed by atoms with E-state index in [0.29, 0.717) is 13.2 Å². The molecule has 0 spiro atoms. The zero-order valence-corrected chi connectivity index (χ0v) is 14.3. The minimum Gasteiger partial charge on any atom is -0.376 e. The molecule has 0 heterocycles. The van der Waals surface area contributed by atoms with Crippen LogP contribution >= 0.6 is 0 Å². The maximum atomic E-state index is 8.80. The van der Waals surface area contributed by atoms with Gasteiger partial charge in [-0.2, -0.15) is 0 Å². The molecule has 2 rings (SSSR count).